The first-order valence-corrected chi connectivity index (χ1v) is 5.74. The van der Waals surface area contributed by atoms with E-state index in [1.54, 1.807) is 24.1 Å². The summed E-state index contributed by atoms with van der Waals surface area (Å²) >= 11 is 0. The van der Waals surface area contributed by atoms with E-state index in [9.17, 15) is 9.90 Å². The first-order chi connectivity index (χ1) is 7.93. The average Bonchev–Trinajstić information content (AvgIpc) is 2.27. The van der Waals surface area contributed by atoms with Gasteiger partial charge in [-0.25, -0.2) is 4.79 Å². The molecule has 0 saturated heterocycles. The largest absolute Gasteiger partial charge is 0.508 e. The van der Waals surface area contributed by atoms with E-state index in [-0.39, 0.29) is 23.9 Å². The van der Waals surface area contributed by atoms with Crippen LogP contribution >= 0.6 is 0 Å². The van der Waals surface area contributed by atoms with Gasteiger partial charge >= 0.3 is 6.03 Å². The Hall–Kier alpha value is -1.71. The molecule has 0 saturated carbocycles. The van der Waals surface area contributed by atoms with Crippen molar-refractivity contribution in [2.75, 3.05) is 7.05 Å². The van der Waals surface area contributed by atoms with Gasteiger partial charge in [0.25, 0.3) is 0 Å². The van der Waals surface area contributed by atoms with Crippen LogP contribution in [0, 0.1) is 0 Å². The van der Waals surface area contributed by atoms with Gasteiger partial charge in [0.1, 0.15) is 5.75 Å². The van der Waals surface area contributed by atoms with Crippen molar-refractivity contribution in [1.82, 2.24) is 10.2 Å². The lowest BCUT2D eigenvalue weighted by Crippen LogP contribution is -2.41. The van der Waals surface area contributed by atoms with E-state index in [4.69, 9.17) is 0 Å². The number of carbonyl (C=O) groups excluding carboxylic acids is 1. The first-order valence-electron chi connectivity index (χ1n) is 5.74. The molecular formula is C13H20N2O2. The number of nitrogens with zero attached hydrogens (tertiary/aromatic N) is 1. The van der Waals surface area contributed by atoms with Crippen molar-refractivity contribution >= 4 is 6.03 Å². The number of hydrogen-bond donors (Lipinski definition) is 2. The number of amides is 2. The van der Waals surface area contributed by atoms with Crippen LogP contribution in [0.4, 0.5) is 4.79 Å². The van der Waals surface area contributed by atoms with E-state index in [2.05, 4.69) is 5.32 Å². The zero-order valence-corrected chi connectivity index (χ0v) is 10.8. The molecule has 2 N–H and O–H groups in total. The van der Waals surface area contributed by atoms with E-state index < -0.39 is 0 Å². The van der Waals surface area contributed by atoms with Crippen LogP contribution in [0.5, 0.6) is 5.75 Å². The summed E-state index contributed by atoms with van der Waals surface area (Å²) in [4.78, 5) is 13.4. The third-order valence-electron chi connectivity index (χ3n) is 2.70. The Kier molecular flexibility index (Phi) is 4.37. The predicted octanol–water partition coefficient (Wildman–Crippen LogP) is 2.50. The fourth-order valence-electron chi connectivity index (χ4n) is 1.57. The lowest BCUT2D eigenvalue weighted by atomic mass is 10.1. The molecule has 1 aromatic carbocycles. The molecule has 0 aliphatic rings. The molecule has 0 aliphatic carbocycles. The summed E-state index contributed by atoms with van der Waals surface area (Å²) in [6.07, 6.45) is 0. The molecule has 0 heterocycles. The lowest BCUT2D eigenvalue weighted by molar-refractivity contribution is 0.191. The quantitative estimate of drug-likeness (QED) is 0.847. The Balaban J connectivity index is 2.80. The summed E-state index contributed by atoms with van der Waals surface area (Å²) in [5.41, 5.74) is 0.744. The van der Waals surface area contributed by atoms with Crippen LogP contribution in [0.25, 0.3) is 0 Å². The molecule has 0 aromatic heterocycles. The maximum atomic E-state index is 11.8. The molecule has 17 heavy (non-hydrogen) atoms. The first kappa shape index (κ1) is 13.4. The van der Waals surface area contributed by atoms with Gasteiger partial charge in [0.15, 0.2) is 0 Å². The van der Waals surface area contributed by atoms with Crippen molar-refractivity contribution in [3.63, 3.8) is 0 Å². The number of carbonyl (C=O) groups is 1. The third-order valence-corrected chi connectivity index (χ3v) is 2.70. The van der Waals surface area contributed by atoms with E-state index >= 15 is 0 Å². The molecule has 0 aliphatic heterocycles. The maximum Gasteiger partial charge on any atom is 0.317 e. The normalized spacial score (nSPS) is 12.3. The molecule has 4 heteroatoms. The summed E-state index contributed by atoms with van der Waals surface area (Å²) in [5.74, 6) is 0.212. The average molecular weight is 236 g/mol. The van der Waals surface area contributed by atoms with Crippen molar-refractivity contribution in [2.24, 2.45) is 0 Å². The minimum Gasteiger partial charge on any atom is -0.508 e. The van der Waals surface area contributed by atoms with E-state index in [1.165, 1.54) is 0 Å². The third kappa shape index (κ3) is 3.37. The standard InChI is InChI=1S/C13H20N2O2/c1-9(2)14-13(17)15(4)10(3)11-7-5-6-8-12(11)16/h5-10,16H,1-4H3,(H,14,17). The number of aromatic hydroxyl groups is 1. The van der Waals surface area contributed by atoms with Crippen molar-refractivity contribution < 1.29 is 9.90 Å². The maximum absolute atomic E-state index is 11.8. The zero-order chi connectivity index (χ0) is 13.0. The molecular weight excluding hydrogens is 216 g/mol. The molecule has 0 bridgehead atoms. The fourth-order valence-corrected chi connectivity index (χ4v) is 1.57. The Morgan fingerprint density at radius 3 is 2.41 bits per heavy atom. The molecule has 0 fully saturated rings. The summed E-state index contributed by atoms with van der Waals surface area (Å²) < 4.78 is 0. The number of benzene rings is 1. The highest BCUT2D eigenvalue weighted by Gasteiger charge is 2.19. The number of nitrogens with one attached hydrogen (secondary N) is 1. The number of phenols is 1. The monoisotopic (exact) mass is 236 g/mol. The Labute approximate surface area is 102 Å². The van der Waals surface area contributed by atoms with Crippen LogP contribution in [0.3, 0.4) is 0 Å². The number of para-hydroxylation sites is 1. The van der Waals surface area contributed by atoms with E-state index in [1.807, 2.05) is 32.9 Å². The Morgan fingerprint density at radius 1 is 1.29 bits per heavy atom. The van der Waals surface area contributed by atoms with E-state index in [0.717, 1.165) is 5.56 Å². The molecule has 0 radical (unpaired) electrons. The fraction of sp³-hybridized carbons (Fsp3) is 0.462. The molecule has 1 aromatic rings. The second-order valence-corrected chi connectivity index (χ2v) is 4.45. The van der Waals surface area contributed by atoms with E-state index in [0.29, 0.717) is 0 Å². The highest BCUT2D eigenvalue weighted by Crippen LogP contribution is 2.26. The van der Waals surface area contributed by atoms with Gasteiger partial charge in [-0.2, -0.15) is 0 Å². The van der Waals surface area contributed by atoms with Crippen LogP contribution in [0.15, 0.2) is 24.3 Å². The van der Waals surface area contributed by atoms with Crippen LogP contribution < -0.4 is 5.32 Å². The second kappa shape index (κ2) is 5.57. The van der Waals surface area contributed by atoms with Crippen LogP contribution in [-0.4, -0.2) is 29.1 Å². The molecule has 1 unspecified atom stereocenters. The van der Waals surface area contributed by atoms with Gasteiger partial charge in [-0.3, -0.25) is 0 Å². The highest BCUT2D eigenvalue weighted by atomic mass is 16.3. The van der Waals surface area contributed by atoms with Gasteiger partial charge in [0, 0.05) is 18.7 Å². The minimum atomic E-state index is -0.171. The molecule has 94 valence electrons. The molecule has 0 spiro atoms. The SMILES string of the molecule is CC(C)NC(=O)N(C)C(C)c1ccccc1O. The summed E-state index contributed by atoms with van der Waals surface area (Å²) in [6, 6.07) is 6.84. The topological polar surface area (TPSA) is 52.6 Å². The van der Waals surface area contributed by atoms with Gasteiger partial charge in [-0.05, 0) is 26.8 Å². The van der Waals surface area contributed by atoms with Crippen LogP contribution in [0.1, 0.15) is 32.4 Å². The smallest absolute Gasteiger partial charge is 0.317 e. The molecule has 1 rings (SSSR count). The lowest BCUT2D eigenvalue weighted by Gasteiger charge is -2.27. The van der Waals surface area contributed by atoms with Gasteiger partial charge in [-0.1, -0.05) is 18.2 Å². The Bertz CT molecular complexity index is 391. The van der Waals surface area contributed by atoms with Gasteiger partial charge < -0.3 is 15.3 Å². The van der Waals surface area contributed by atoms with Crippen molar-refractivity contribution in [2.45, 2.75) is 32.9 Å². The summed E-state index contributed by atoms with van der Waals surface area (Å²) in [6.45, 7) is 5.71. The minimum absolute atomic E-state index is 0.0986. The Morgan fingerprint density at radius 2 is 1.88 bits per heavy atom. The van der Waals surface area contributed by atoms with Crippen molar-refractivity contribution in [1.29, 1.82) is 0 Å². The zero-order valence-electron chi connectivity index (χ0n) is 10.8. The number of urea groups is 1. The van der Waals surface area contributed by atoms with Gasteiger partial charge in [0.2, 0.25) is 0 Å². The van der Waals surface area contributed by atoms with Crippen LogP contribution in [0.2, 0.25) is 0 Å². The number of hydrogen-bond acceptors (Lipinski definition) is 2. The highest BCUT2D eigenvalue weighted by molar-refractivity contribution is 5.74. The molecule has 1 atom stereocenters. The molecule has 4 nitrogen and oxygen atoms in total. The molecule has 2 amide bonds. The summed E-state index contributed by atoms with van der Waals surface area (Å²) in [7, 11) is 1.72. The second-order valence-electron chi connectivity index (χ2n) is 4.45. The van der Waals surface area contributed by atoms with Gasteiger partial charge in [-0.15, -0.1) is 0 Å². The number of phenolic OH excluding ortho intramolecular Hbond substituents is 1. The summed E-state index contributed by atoms with van der Waals surface area (Å²) in [5, 5.41) is 12.6. The van der Waals surface area contributed by atoms with Crippen LogP contribution in [-0.2, 0) is 0 Å². The predicted molar refractivity (Wildman–Crippen MR) is 68.0 cm³/mol. The van der Waals surface area contributed by atoms with Gasteiger partial charge in [0.05, 0.1) is 6.04 Å². The van der Waals surface area contributed by atoms with Crippen molar-refractivity contribution in [3.8, 4) is 5.75 Å². The number of rotatable bonds is 3. The van der Waals surface area contributed by atoms with Crippen molar-refractivity contribution in [3.05, 3.63) is 29.8 Å².